The Morgan fingerprint density at radius 3 is 3.05 bits per heavy atom. The normalized spacial score (nSPS) is 13.0. The second kappa shape index (κ2) is 5.85. The van der Waals surface area contributed by atoms with Crippen molar-refractivity contribution in [1.82, 2.24) is 15.3 Å². The number of ether oxygens (including phenoxy) is 1. The number of nitrogens with one attached hydrogen (secondary N) is 2. The highest BCUT2D eigenvalue weighted by Gasteiger charge is 2.11. The van der Waals surface area contributed by atoms with Gasteiger partial charge in [-0.05, 0) is 29.3 Å². The van der Waals surface area contributed by atoms with Gasteiger partial charge in [-0.15, -0.1) is 0 Å². The SMILES string of the molecule is CNC(=O)c1cnc(/C=C\c2ccc3c(c2)CCO3)[nH]c1=O. The molecule has 6 heteroatoms. The zero-order chi connectivity index (χ0) is 15.5. The van der Waals surface area contributed by atoms with Crippen molar-refractivity contribution >= 4 is 18.1 Å². The van der Waals surface area contributed by atoms with Crippen LogP contribution in [0.1, 0.15) is 27.3 Å². The summed E-state index contributed by atoms with van der Waals surface area (Å²) in [5.74, 6) is 0.871. The fourth-order valence-corrected chi connectivity index (χ4v) is 2.28. The molecule has 0 fully saturated rings. The van der Waals surface area contributed by atoms with Crippen LogP contribution in [0.15, 0.2) is 29.2 Å². The first-order valence-corrected chi connectivity index (χ1v) is 6.92. The number of aromatic nitrogens is 2. The van der Waals surface area contributed by atoms with Crippen LogP contribution in [0.4, 0.5) is 0 Å². The van der Waals surface area contributed by atoms with Crippen molar-refractivity contribution in [1.29, 1.82) is 0 Å². The molecule has 0 radical (unpaired) electrons. The van der Waals surface area contributed by atoms with Crippen LogP contribution in [0.3, 0.4) is 0 Å². The molecule has 1 aromatic carbocycles. The van der Waals surface area contributed by atoms with Gasteiger partial charge in [0.2, 0.25) is 0 Å². The molecule has 6 nitrogen and oxygen atoms in total. The van der Waals surface area contributed by atoms with Gasteiger partial charge >= 0.3 is 0 Å². The van der Waals surface area contributed by atoms with Gasteiger partial charge in [-0.25, -0.2) is 4.98 Å². The summed E-state index contributed by atoms with van der Waals surface area (Å²) in [5, 5.41) is 2.39. The van der Waals surface area contributed by atoms with E-state index in [-0.39, 0.29) is 5.56 Å². The minimum absolute atomic E-state index is 0.00525. The van der Waals surface area contributed by atoms with Crippen molar-refractivity contribution < 1.29 is 9.53 Å². The molecule has 1 aliphatic heterocycles. The third-order valence-corrected chi connectivity index (χ3v) is 3.44. The average Bonchev–Trinajstić information content (AvgIpc) is 3.00. The highest BCUT2D eigenvalue weighted by molar-refractivity contribution is 5.93. The maximum atomic E-state index is 11.8. The third kappa shape index (κ3) is 2.76. The summed E-state index contributed by atoms with van der Waals surface area (Å²) in [6.45, 7) is 0.721. The molecule has 1 aliphatic rings. The van der Waals surface area contributed by atoms with Gasteiger partial charge in [-0.3, -0.25) is 9.59 Å². The summed E-state index contributed by atoms with van der Waals surface area (Å²) in [4.78, 5) is 29.9. The van der Waals surface area contributed by atoms with Gasteiger partial charge in [-0.2, -0.15) is 0 Å². The Bertz CT molecular complexity index is 809. The van der Waals surface area contributed by atoms with Gasteiger partial charge in [0.1, 0.15) is 17.1 Å². The van der Waals surface area contributed by atoms with Crippen LogP contribution in [-0.4, -0.2) is 29.5 Å². The smallest absolute Gasteiger partial charge is 0.263 e. The maximum absolute atomic E-state index is 11.8. The van der Waals surface area contributed by atoms with Crippen LogP contribution in [0.2, 0.25) is 0 Å². The zero-order valence-electron chi connectivity index (χ0n) is 12.1. The summed E-state index contributed by atoms with van der Waals surface area (Å²) in [7, 11) is 1.47. The summed E-state index contributed by atoms with van der Waals surface area (Å²) in [6, 6.07) is 5.93. The van der Waals surface area contributed by atoms with Gasteiger partial charge in [0, 0.05) is 19.7 Å². The molecule has 112 valence electrons. The summed E-state index contributed by atoms with van der Waals surface area (Å²) in [6.07, 6.45) is 5.74. The predicted octanol–water partition coefficient (Wildman–Crippen LogP) is 1.23. The molecule has 22 heavy (non-hydrogen) atoms. The quantitative estimate of drug-likeness (QED) is 0.892. The van der Waals surface area contributed by atoms with E-state index >= 15 is 0 Å². The maximum Gasteiger partial charge on any atom is 0.263 e. The van der Waals surface area contributed by atoms with Crippen LogP contribution in [-0.2, 0) is 6.42 Å². The van der Waals surface area contributed by atoms with Crippen LogP contribution in [0.5, 0.6) is 5.75 Å². The van der Waals surface area contributed by atoms with E-state index in [1.807, 2.05) is 18.2 Å². The lowest BCUT2D eigenvalue weighted by Gasteiger charge is -2.00. The van der Waals surface area contributed by atoms with E-state index in [1.165, 1.54) is 18.8 Å². The molecule has 3 rings (SSSR count). The number of rotatable bonds is 3. The van der Waals surface area contributed by atoms with Crippen molar-refractivity contribution in [3.8, 4) is 5.75 Å². The minimum atomic E-state index is -0.462. The number of carbonyl (C=O) groups excluding carboxylic acids is 1. The van der Waals surface area contributed by atoms with E-state index in [1.54, 1.807) is 6.08 Å². The fourth-order valence-electron chi connectivity index (χ4n) is 2.28. The lowest BCUT2D eigenvalue weighted by atomic mass is 10.1. The Morgan fingerprint density at radius 2 is 2.27 bits per heavy atom. The zero-order valence-corrected chi connectivity index (χ0v) is 12.1. The Labute approximate surface area is 126 Å². The molecule has 2 N–H and O–H groups in total. The number of nitrogens with zero attached hydrogens (tertiary/aromatic N) is 1. The van der Waals surface area contributed by atoms with Gasteiger partial charge in [-0.1, -0.05) is 12.1 Å². The third-order valence-electron chi connectivity index (χ3n) is 3.44. The average molecular weight is 297 g/mol. The molecule has 0 unspecified atom stereocenters. The van der Waals surface area contributed by atoms with E-state index in [4.69, 9.17) is 4.74 Å². The Hall–Kier alpha value is -2.89. The second-order valence-corrected chi connectivity index (χ2v) is 4.89. The van der Waals surface area contributed by atoms with Crippen LogP contribution < -0.4 is 15.6 Å². The highest BCUT2D eigenvalue weighted by Crippen LogP contribution is 2.26. The lowest BCUT2D eigenvalue weighted by molar-refractivity contribution is 0.0961. The summed E-state index contributed by atoms with van der Waals surface area (Å²) in [5.41, 5.74) is 1.71. The lowest BCUT2D eigenvalue weighted by Crippen LogP contribution is -2.27. The van der Waals surface area contributed by atoms with E-state index in [9.17, 15) is 9.59 Å². The number of hydrogen-bond acceptors (Lipinski definition) is 4. The van der Waals surface area contributed by atoms with Crippen molar-refractivity contribution in [2.75, 3.05) is 13.7 Å². The van der Waals surface area contributed by atoms with Crippen molar-refractivity contribution in [3.63, 3.8) is 0 Å². The first-order valence-electron chi connectivity index (χ1n) is 6.92. The van der Waals surface area contributed by atoms with Gasteiger partial charge in [0.25, 0.3) is 11.5 Å². The van der Waals surface area contributed by atoms with Crippen LogP contribution in [0.25, 0.3) is 12.2 Å². The summed E-state index contributed by atoms with van der Waals surface area (Å²) < 4.78 is 5.46. The molecule has 0 spiro atoms. The number of benzene rings is 1. The van der Waals surface area contributed by atoms with Crippen molar-refractivity contribution in [2.24, 2.45) is 0 Å². The number of hydrogen-bond donors (Lipinski definition) is 2. The molecule has 0 atom stereocenters. The van der Waals surface area contributed by atoms with Crippen molar-refractivity contribution in [2.45, 2.75) is 6.42 Å². The largest absolute Gasteiger partial charge is 0.493 e. The Morgan fingerprint density at radius 1 is 1.41 bits per heavy atom. The molecule has 1 aromatic heterocycles. The number of carbonyl (C=O) groups is 1. The molecule has 2 aromatic rings. The summed E-state index contributed by atoms with van der Waals surface area (Å²) >= 11 is 0. The fraction of sp³-hybridized carbons (Fsp3) is 0.188. The number of amides is 1. The number of fused-ring (bicyclic) bond motifs is 1. The number of aromatic amines is 1. The van der Waals surface area contributed by atoms with E-state index in [0.29, 0.717) is 5.82 Å². The van der Waals surface area contributed by atoms with Crippen LogP contribution in [0, 0.1) is 0 Å². The monoisotopic (exact) mass is 297 g/mol. The topological polar surface area (TPSA) is 84.1 Å². The molecule has 0 aliphatic carbocycles. The first-order chi connectivity index (χ1) is 10.7. The molecule has 1 amide bonds. The van der Waals surface area contributed by atoms with Crippen LogP contribution >= 0.6 is 0 Å². The van der Waals surface area contributed by atoms with E-state index in [0.717, 1.165) is 24.3 Å². The van der Waals surface area contributed by atoms with E-state index < -0.39 is 11.5 Å². The molecular formula is C16H15N3O3. The molecule has 0 saturated heterocycles. The molecule has 0 bridgehead atoms. The van der Waals surface area contributed by atoms with Gasteiger partial charge in [0.15, 0.2) is 0 Å². The van der Waals surface area contributed by atoms with Crippen molar-refractivity contribution in [3.05, 3.63) is 57.3 Å². The molecule has 0 saturated carbocycles. The standard InChI is InChI=1S/C16H15N3O3/c1-17-15(20)12-9-18-14(19-16(12)21)5-3-10-2-4-13-11(8-10)6-7-22-13/h2-5,8-9H,6-7H2,1H3,(H,17,20)(H,18,19,21)/b5-3-. The van der Waals surface area contributed by atoms with Gasteiger partial charge in [0.05, 0.1) is 6.61 Å². The number of H-pyrrole nitrogens is 1. The molecular weight excluding hydrogens is 282 g/mol. The Kier molecular flexibility index (Phi) is 3.74. The predicted molar refractivity (Wildman–Crippen MR) is 82.8 cm³/mol. The Balaban J connectivity index is 1.82. The van der Waals surface area contributed by atoms with Gasteiger partial charge < -0.3 is 15.0 Å². The van der Waals surface area contributed by atoms with E-state index in [2.05, 4.69) is 21.4 Å². The second-order valence-electron chi connectivity index (χ2n) is 4.89. The molecule has 2 heterocycles. The highest BCUT2D eigenvalue weighted by atomic mass is 16.5. The first kappa shape index (κ1) is 14.1. The minimum Gasteiger partial charge on any atom is -0.493 e.